The third-order valence-electron chi connectivity index (χ3n) is 4.13. The Morgan fingerprint density at radius 3 is 2.57 bits per heavy atom. The summed E-state index contributed by atoms with van der Waals surface area (Å²) in [6, 6.07) is 11.8. The molecule has 2 rings (SSSR count). The summed E-state index contributed by atoms with van der Waals surface area (Å²) in [4.78, 5) is 26.7. The summed E-state index contributed by atoms with van der Waals surface area (Å²) in [5.74, 6) is -0.606. The molecule has 1 atom stereocenters. The van der Waals surface area contributed by atoms with Gasteiger partial charge in [-0.25, -0.2) is 4.39 Å². The van der Waals surface area contributed by atoms with Crippen molar-refractivity contribution in [2.24, 2.45) is 0 Å². The van der Waals surface area contributed by atoms with Crippen LogP contribution < -0.4 is 10.1 Å². The number of halogens is 2. The van der Waals surface area contributed by atoms with Gasteiger partial charge in [-0.15, -0.1) is 0 Å². The van der Waals surface area contributed by atoms with Crippen molar-refractivity contribution < 1.29 is 18.7 Å². The Hall–Kier alpha value is -2.60. The van der Waals surface area contributed by atoms with Gasteiger partial charge >= 0.3 is 0 Å². The van der Waals surface area contributed by atoms with Gasteiger partial charge in [0.25, 0.3) is 5.91 Å². The van der Waals surface area contributed by atoms with Crippen LogP contribution in [-0.2, 0) is 16.1 Å². The molecule has 5 nitrogen and oxygen atoms in total. The maximum absolute atomic E-state index is 13.0. The molecule has 0 heterocycles. The highest BCUT2D eigenvalue weighted by Crippen LogP contribution is 2.16. The van der Waals surface area contributed by atoms with Crippen LogP contribution in [0.5, 0.6) is 5.75 Å². The van der Waals surface area contributed by atoms with Crippen molar-refractivity contribution in [2.75, 3.05) is 13.2 Å². The molecule has 150 valence electrons. The third-order valence-corrected chi connectivity index (χ3v) is 4.37. The number of ether oxygens (including phenoxy) is 1. The zero-order valence-corrected chi connectivity index (χ0v) is 16.7. The highest BCUT2D eigenvalue weighted by atomic mass is 35.5. The average Bonchev–Trinajstić information content (AvgIpc) is 2.69. The first-order chi connectivity index (χ1) is 13.4. The van der Waals surface area contributed by atoms with Gasteiger partial charge in [0.15, 0.2) is 6.61 Å². The van der Waals surface area contributed by atoms with Crippen molar-refractivity contribution in [3.63, 3.8) is 0 Å². The van der Waals surface area contributed by atoms with E-state index in [1.54, 1.807) is 25.1 Å². The molecular formula is C21H24ClFN2O3. The fourth-order valence-corrected chi connectivity index (χ4v) is 2.78. The van der Waals surface area contributed by atoms with Gasteiger partial charge in [-0.05, 0) is 55.3 Å². The van der Waals surface area contributed by atoms with Crippen LogP contribution in [0.2, 0.25) is 5.02 Å². The average molecular weight is 407 g/mol. The van der Waals surface area contributed by atoms with Crippen LogP contribution in [0.25, 0.3) is 0 Å². The summed E-state index contributed by atoms with van der Waals surface area (Å²) in [5, 5.41) is 3.35. The van der Waals surface area contributed by atoms with E-state index in [4.69, 9.17) is 16.3 Å². The summed E-state index contributed by atoms with van der Waals surface area (Å²) in [5.41, 5.74) is 0.803. The molecule has 2 aromatic rings. The van der Waals surface area contributed by atoms with Crippen LogP contribution in [0, 0.1) is 5.82 Å². The predicted octanol–water partition coefficient (Wildman–Crippen LogP) is 3.80. The normalized spacial score (nSPS) is 11.6. The van der Waals surface area contributed by atoms with Crippen molar-refractivity contribution in [1.82, 2.24) is 10.2 Å². The maximum Gasteiger partial charge on any atom is 0.261 e. The van der Waals surface area contributed by atoms with Crippen molar-refractivity contribution in [3.05, 3.63) is 64.9 Å². The minimum atomic E-state index is -0.685. The van der Waals surface area contributed by atoms with E-state index in [-0.39, 0.29) is 30.8 Å². The van der Waals surface area contributed by atoms with E-state index in [2.05, 4.69) is 5.32 Å². The molecule has 2 aromatic carbocycles. The molecule has 1 N–H and O–H groups in total. The number of benzene rings is 2. The van der Waals surface area contributed by atoms with Crippen LogP contribution in [0.4, 0.5) is 4.39 Å². The highest BCUT2D eigenvalue weighted by molar-refractivity contribution is 6.30. The predicted molar refractivity (Wildman–Crippen MR) is 107 cm³/mol. The van der Waals surface area contributed by atoms with Crippen LogP contribution in [0.1, 0.15) is 25.8 Å². The fraction of sp³-hybridized carbons (Fsp3) is 0.333. The number of rotatable bonds is 9. The Kier molecular flexibility index (Phi) is 8.26. The van der Waals surface area contributed by atoms with Crippen molar-refractivity contribution in [1.29, 1.82) is 0 Å². The van der Waals surface area contributed by atoms with Crippen molar-refractivity contribution in [2.45, 2.75) is 32.9 Å². The second kappa shape index (κ2) is 10.7. The lowest BCUT2D eigenvalue weighted by molar-refractivity contribution is -0.142. The monoisotopic (exact) mass is 406 g/mol. The van der Waals surface area contributed by atoms with E-state index in [0.717, 1.165) is 12.0 Å². The standard InChI is InChI=1S/C21H24ClFN2O3/c1-3-11-24-21(27)15(2)25(13-16-5-4-6-17(22)12-16)20(26)14-28-19-9-7-18(23)8-10-19/h4-10,12,15H,3,11,13-14H2,1-2H3,(H,24,27)/t15-/m1/s1. The quantitative estimate of drug-likeness (QED) is 0.689. The molecule has 0 aromatic heterocycles. The second-order valence-corrected chi connectivity index (χ2v) is 6.80. The van der Waals surface area contributed by atoms with Gasteiger partial charge in [0.2, 0.25) is 5.91 Å². The first-order valence-corrected chi connectivity index (χ1v) is 9.48. The van der Waals surface area contributed by atoms with Crippen LogP contribution in [-0.4, -0.2) is 35.9 Å². The molecule has 0 spiro atoms. The summed E-state index contributed by atoms with van der Waals surface area (Å²) in [6.45, 7) is 4.11. The first kappa shape index (κ1) is 21.7. The lowest BCUT2D eigenvalue weighted by Crippen LogP contribution is -2.49. The van der Waals surface area contributed by atoms with E-state index < -0.39 is 6.04 Å². The molecule has 0 fully saturated rings. The topological polar surface area (TPSA) is 58.6 Å². The number of nitrogens with zero attached hydrogens (tertiary/aromatic N) is 1. The number of carbonyl (C=O) groups is 2. The number of amides is 2. The van der Waals surface area contributed by atoms with E-state index in [0.29, 0.717) is 17.3 Å². The fourth-order valence-electron chi connectivity index (χ4n) is 2.57. The van der Waals surface area contributed by atoms with E-state index in [1.807, 2.05) is 13.0 Å². The Balaban J connectivity index is 2.12. The minimum Gasteiger partial charge on any atom is -0.484 e. The zero-order valence-electron chi connectivity index (χ0n) is 16.0. The number of hydrogen-bond acceptors (Lipinski definition) is 3. The van der Waals surface area contributed by atoms with Gasteiger partial charge in [0.1, 0.15) is 17.6 Å². The highest BCUT2D eigenvalue weighted by Gasteiger charge is 2.26. The van der Waals surface area contributed by atoms with E-state index in [1.165, 1.54) is 29.2 Å². The molecule has 0 radical (unpaired) electrons. The number of nitrogens with one attached hydrogen (secondary N) is 1. The molecule has 0 aliphatic rings. The Morgan fingerprint density at radius 2 is 1.93 bits per heavy atom. The van der Waals surface area contributed by atoms with Crippen LogP contribution >= 0.6 is 11.6 Å². The molecule has 0 unspecified atom stereocenters. The Bertz CT molecular complexity index is 798. The molecule has 0 saturated heterocycles. The lowest BCUT2D eigenvalue weighted by atomic mass is 10.1. The molecule has 28 heavy (non-hydrogen) atoms. The number of carbonyl (C=O) groups excluding carboxylic acids is 2. The second-order valence-electron chi connectivity index (χ2n) is 6.36. The smallest absolute Gasteiger partial charge is 0.261 e. The van der Waals surface area contributed by atoms with E-state index >= 15 is 0 Å². The van der Waals surface area contributed by atoms with Gasteiger partial charge < -0.3 is 15.0 Å². The largest absolute Gasteiger partial charge is 0.484 e. The van der Waals surface area contributed by atoms with Gasteiger partial charge in [-0.3, -0.25) is 9.59 Å². The van der Waals surface area contributed by atoms with Gasteiger partial charge in [0, 0.05) is 18.1 Å². The van der Waals surface area contributed by atoms with Gasteiger partial charge in [0.05, 0.1) is 0 Å². The van der Waals surface area contributed by atoms with Crippen molar-refractivity contribution >= 4 is 23.4 Å². The molecule has 0 aliphatic carbocycles. The molecular weight excluding hydrogens is 383 g/mol. The Labute approximate surface area is 169 Å². The molecule has 0 aliphatic heterocycles. The number of hydrogen-bond donors (Lipinski definition) is 1. The SMILES string of the molecule is CCCNC(=O)[C@@H](C)N(Cc1cccc(Cl)c1)C(=O)COc1ccc(F)cc1. The summed E-state index contributed by atoms with van der Waals surface area (Å²) in [7, 11) is 0. The van der Waals surface area contributed by atoms with Crippen LogP contribution in [0.15, 0.2) is 48.5 Å². The third kappa shape index (κ3) is 6.53. The Morgan fingerprint density at radius 1 is 1.21 bits per heavy atom. The minimum absolute atomic E-state index is 0.215. The maximum atomic E-state index is 13.0. The van der Waals surface area contributed by atoms with Gasteiger partial charge in [-0.1, -0.05) is 30.7 Å². The molecule has 2 amide bonds. The zero-order chi connectivity index (χ0) is 20.5. The van der Waals surface area contributed by atoms with Crippen molar-refractivity contribution in [3.8, 4) is 5.75 Å². The first-order valence-electron chi connectivity index (χ1n) is 9.10. The molecule has 0 bridgehead atoms. The summed E-state index contributed by atoms with van der Waals surface area (Å²) < 4.78 is 18.5. The summed E-state index contributed by atoms with van der Waals surface area (Å²) >= 11 is 6.03. The van der Waals surface area contributed by atoms with Crippen LogP contribution in [0.3, 0.4) is 0 Å². The lowest BCUT2D eigenvalue weighted by Gasteiger charge is -2.28. The molecule has 7 heteroatoms. The van der Waals surface area contributed by atoms with E-state index in [9.17, 15) is 14.0 Å². The van der Waals surface area contributed by atoms with Gasteiger partial charge in [-0.2, -0.15) is 0 Å². The summed E-state index contributed by atoms with van der Waals surface area (Å²) in [6.07, 6.45) is 0.800. The molecule has 0 saturated carbocycles.